The predicted octanol–water partition coefficient (Wildman–Crippen LogP) is 2.74. The lowest BCUT2D eigenvalue weighted by Gasteiger charge is -2.32. The van der Waals surface area contributed by atoms with Gasteiger partial charge in [-0.3, -0.25) is 0 Å². The Morgan fingerprint density at radius 2 is 2.00 bits per heavy atom. The molecule has 1 aromatic heterocycles. The van der Waals surface area contributed by atoms with Crippen molar-refractivity contribution in [1.29, 1.82) is 0 Å². The SMILES string of the molecule is CCNC(=NCc1cnn(-c2ccc(Cl)cc2)c1)NC1CCN(C(N)=O)CC1.I. The number of amides is 2. The Balaban J connectivity index is 0.00000300. The van der Waals surface area contributed by atoms with Crippen molar-refractivity contribution in [3.63, 3.8) is 0 Å². The molecule has 1 aliphatic rings. The summed E-state index contributed by atoms with van der Waals surface area (Å²) < 4.78 is 1.81. The summed E-state index contributed by atoms with van der Waals surface area (Å²) in [5.74, 6) is 0.763. The number of aliphatic imine (C=N–C) groups is 1. The summed E-state index contributed by atoms with van der Waals surface area (Å²) in [5, 5.41) is 11.8. The van der Waals surface area contributed by atoms with Gasteiger partial charge in [0.05, 0.1) is 18.4 Å². The fourth-order valence-electron chi connectivity index (χ4n) is 3.10. The summed E-state index contributed by atoms with van der Waals surface area (Å²) >= 11 is 5.94. The quantitative estimate of drug-likeness (QED) is 0.314. The average molecular weight is 532 g/mol. The van der Waals surface area contributed by atoms with Crippen molar-refractivity contribution in [3.8, 4) is 5.69 Å². The first-order valence-corrected chi connectivity index (χ1v) is 9.81. The number of halogens is 2. The zero-order valence-electron chi connectivity index (χ0n) is 16.3. The summed E-state index contributed by atoms with van der Waals surface area (Å²) in [4.78, 5) is 17.6. The van der Waals surface area contributed by atoms with E-state index in [1.807, 2.05) is 43.6 Å². The van der Waals surface area contributed by atoms with E-state index in [1.54, 1.807) is 9.58 Å². The summed E-state index contributed by atoms with van der Waals surface area (Å²) in [6, 6.07) is 7.45. The number of urea groups is 1. The number of carbonyl (C=O) groups is 1. The Hall–Kier alpha value is -2.01. The Morgan fingerprint density at radius 1 is 1.31 bits per heavy atom. The van der Waals surface area contributed by atoms with Crippen LogP contribution >= 0.6 is 35.6 Å². The largest absolute Gasteiger partial charge is 0.357 e. The molecule has 4 N–H and O–H groups in total. The number of nitrogens with one attached hydrogen (secondary N) is 2. The standard InChI is InChI=1S/C19H26ClN7O.HI/c1-2-22-19(25-16-7-9-26(10-8-16)18(21)28)23-11-14-12-24-27(13-14)17-5-3-15(20)4-6-17;/h3-6,12-13,16H,2,7-11H2,1H3,(H2,21,28)(H2,22,23,25);1H. The van der Waals surface area contributed by atoms with Crippen LogP contribution in [-0.2, 0) is 6.54 Å². The molecule has 2 heterocycles. The van der Waals surface area contributed by atoms with Gasteiger partial charge in [-0.2, -0.15) is 5.10 Å². The number of hydrogen-bond acceptors (Lipinski definition) is 3. The third-order valence-electron chi connectivity index (χ3n) is 4.64. The molecule has 10 heteroatoms. The highest BCUT2D eigenvalue weighted by Gasteiger charge is 2.21. The van der Waals surface area contributed by atoms with Crippen LogP contribution in [0.25, 0.3) is 5.69 Å². The minimum absolute atomic E-state index is 0. The van der Waals surface area contributed by atoms with E-state index >= 15 is 0 Å². The average Bonchev–Trinajstić information content (AvgIpc) is 3.16. The van der Waals surface area contributed by atoms with Crippen LogP contribution in [0.4, 0.5) is 4.79 Å². The van der Waals surface area contributed by atoms with Crippen LogP contribution in [0.15, 0.2) is 41.7 Å². The van der Waals surface area contributed by atoms with Crippen LogP contribution in [0, 0.1) is 0 Å². The van der Waals surface area contributed by atoms with Crippen molar-refractivity contribution in [2.45, 2.75) is 32.4 Å². The molecular formula is C19H27ClIN7O. The van der Waals surface area contributed by atoms with Gasteiger partial charge in [0.25, 0.3) is 0 Å². The van der Waals surface area contributed by atoms with Crippen molar-refractivity contribution in [3.05, 3.63) is 47.2 Å². The Labute approximate surface area is 192 Å². The molecule has 29 heavy (non-hydrogen) atoms. The fourth-order valence-corrected chi connectivity index (χ4v) is 3.23. The van der Waals surface area contributed by atoms with E-state index in [9.17, 15) is 4.79 Å². The molecule has 2 amide bonds. The number of piperidine rings is 1. The molecule has 158 valence electrons. The molecule has 0 spiro atoms. The van der Waals surface area contributed by atoms with Crippen molar-refractivity contribution in [1.82, 2.24) is 25.3 Å². The third-order valence-corrected chi connectivity index (χ3v) is 4.89. The lowest BCUT2D eigenvalue weighted by atomic mass is 10.1. The maximum Gasteiger partial charge on any atom is 0.314 e. The number of aromatic nitrogens is 2. The van der Waals surface area contributed by atoms with E-state index < -0.39 is 0 Å². The van der Waals surface area contributed by atoms with Crippen LogP contribution in [0.3, 0.4) is 0 Å². The number of carbonyl (C=O) groups excluding carboxylic acids is 1. The molecule has 0 saturated carbocycles. The Bertz CT molecular complexity index is 816. The van der Waals surface area contributed by atoms with Gasteiger partial charge < -0.3 is 21.3 Å². The van der Waals surface area contributed by atoms with Crippen LogP contribution < -0.4 is 16.4 Å². The van der Waals surface area contributed by atoms with Crippen LogP contribution in [0.2, 0.25) is 5.02 Å². The number of nitrogens with two attached hydrogens (primary N) is 1. The lowest BCUT2D eigenvalue weighted by Crippen LogP contribution is -2.50. The third kappa shape index (κ3) is 6.77. The Morgan fingerprint density at radius 3 is 2.62 bits per heavy atom. The first-order chi connectivity index (χ1) is 13.5. The smallest absolute Gasteiger partial charge is 0.314 e. The molecule has 2 aromatic rings. The van der Waals surface area contributed by atoms with Gasteiger partial charge in [0.2, 0.25) is 0 Å². The minimum Gasteiger partial charge on any atom is -0.357 e. The highest BCUT2D eigenvalue weighted by atomic mass is 127. The number of nitrogens with zero attached hydrogens (tertiary/aromatic N) is 4. The maximum atomic E-state index is 11.2. The van der Waals surface area contributed by atoms with Gasteiger partial charge in [-0.05, 0) is 44.0 Å². The number of rotatable bonds is 5. The summed E-state index contributed by atoms with van der Waals surface area (Å²) in [6.07, 6.45) is 5.47. The highest BCUT2D eigenvalue weighted by molar-refractivity contribution is 14.0. The molecule has 8 nitrogen and oxygen atoms in total. The first kappa shape index (κ1) is 23.3. The summed E-state index contributed by atoms with van der Waals surface area (Å²) in [6.45, 7) is 4.66. The normalized spacial score (nSPS) is 15.0. The number of primary amides is 1. The van der Waals surface area contributed by atoms with Gasteiger partial charge in [-0.15, -0.1) is 24.0 Å². The van der Waals surface area contributed by atoms with Crippen LogP contribution in [0.5, 0.6) is 0 Å². The molecular weight excluding hydrogens is 505 g/mol. The number of likely N-dealkylation sites (tertiary alicyclic amines) is 1. The van der Waals surface area contributed by atoms with E-state index in [0.29, 0.717) is 24.7 Å². The van der Waals surface area contributed by atoms with Crippen LogP contribution in [-0.4, -0.2) is 52.3 Å². The van der Waals surface area contributed by atoms with Gasteiger partial charge in [-0.1, -0.05) is 11.6 Å². The van der Waals surface area contributed by atoms with E-state index in [2.05, 4.69) is 20.7 Å². The fraction of sp³-hybridized carbons (Fsp3) is 0.421. The van der Waals surface area contributed by atoms with E-state index in [4.69, 9.17) is 17.3 Å². The van der Waals surface area contributed by atoms with Gasteiger partial charge in [-0.25, -0.2) is 14.5 Å². The van der Waals surface area contributed by atoms with E-state index in [1.165, 1.54) is 0 Å². The first-order valence-electron chi connectivity index (χ1n) is 9.44. The van der Waals surface area contributed by atoms with Gasteiger partial charge in [0.15, 0.2) is 5.96 Å². The van der Waals surface area contributed by atoms with Gasteiger partial charge in [0.1, 0.15) is 0 Å². The van der Waals surface area contributed by atoms with Crippen LogP contribution in [0.1, 0.15) is 25.3 Å². The van der Waals surface area contributed by atoms with Crippen molar-refractivity contribution >= 4 is 47.6 Å². The zero-order chi connectivity index (χ0) is 19.9. The summed E-state index contributed by atoms with van der Waals surface area (Å²) in [5.41, 5.74) is 7.30. The highest BCUT2D eigenvalue weighted by Crippen LogP contribution is 2.14. The predicted molar refractivity (Wildman–Crippen MR) is 126 cm³/mol. The van der Waals surface area contributed by atoms with Crippen molar-refractivity contribution in [2.24, 2.45) is 10.7 Å². The number of guanidine groups is 1. The Kier molecular flexibility index (Phi) is 9.02. The van der Waals surface area contributed by atoms with Crippen molar-refractivity contribution in [2.75, 3.05) is 19.6 Å². The lowest BCUT2D eigenvalue weighted by molar-refractivity contribution is 0.188. The second-order valence-corrected chi connectivity index (χ2v) is 7.15. The zero-order valence-corrected chi connectivity index (χ0v) is 19.4. The van der Waals surface area contributed by atoms with Gasteiger partial charge in [0, 0.05) is 42.5 Å². The second kappa shape index (κ2) is 11.2. The number of benzene rings is 1. The molecule has 0 atom stereocenters. The molecule has 0 aliphatic carbocycles. The van der Waals surface area contributed by atoms with Gasteiger partial charge >= 0.3 is 6.03 Å². The maximum absolute atomic E-state index is 11.2. The molecule has 1 aromatic carbocycles. The van der Waals surface area contributed by atoms with E-state index in [0.717, 1.165) is 36.6 Å². The second-order valence-electron chi connectivity index (χ2n) is 6.71. The van der Waals surface area contributed by atoms with Crippen molar-refractivity contribution < 1.29 is 4.79 Å². The topological polar surface area (TPSA) is 101 Å². The molecule has 0 radical (unpaired) electrons. The molecule has 3 rings (SSSR count). The molecule has 0 bridgehead atoms. The number of hydrogen-bond donors (Lipinski definition) is 3. The molecule has 1 fully saturated rings. The monoisotopic (exact) mass is 531 g/mol. The molecule has 1 aliphatic heterocycles. The minimum atomic E-state index is -0.350. The molecule has 0 unspecified atom stereocenters. The summed E-state index contributed by atoms with van der Waals surface area (Å²) in [7, 11) is 0. The molecule has 1 saturated heterocycles. The van der Waals surface area contributed by atoms with E-state index in [-0.39, 0.29) is 36.0 Å².